The van der Waals surface area contributed by atoms with E-state index in [-0.39, 0.29) is 0 Å². The summed E-state index contributed by atoms with van der Waals surface area (Å²) in [6, 6.07) is 1.18. The molecule has 2 fully saturated rings. The van der Waals surface area contributed by atoms with Crippen molar-refractivity contribution in [3.8, 4) is 0 Å². The number of rotatable bonds is 3. The van der Waals surface area contributed by atoms with Gasteiger partial charge in [-0.1, -0.05) is 26.2 Å². The second-order valence-electron chi connectivity index (χ2n) is 6.73. The lowest BCUT2D eigenvalue weighted by Crippen LogP contribution is -2.45. The quantitative estimate of drug-likeness (QED) is 0.797. The van der Waals surface area contributed by atoms with Crippen LogP contribution in [0.2, 0.25) is 0 Å². The van der Waals surface area contributed by atoms with E-state index in [1.54, 1.807) is 0 Å². The van der Waals surface area contributed by atoms with Crippen LogP contribution in [0.1, 0.15) is 51.9 Å². The molecule has 112 valence electrons. The summed E-state index contributed by atoms with van der Waals surface area (Å²) in [4.78, 5) is 5.25. The van der Waals surface area contributed by atoms with Gasteiger partial charge in [-0.2, -0.15) is 0 Å². The summed E-state index contributed by atoms with van der Waals surface area (Å²) >= 11 is 0. The third kappa shape index (κ3) is 4.44. The van der Waals surface area contributed by atoms with Crippen molar-refractivity contribution in [1.82, 2.24) is 9.80 Å². The molecule has 1 heterocycles. The van der Waals surface area contributed by atoms with Crippen molar-refractivity contribution in [3.63, 3.8) is 0 Å². The molecule has 0 spiro atoms. The molecule has 3 nitrogen and oxygen atoms in total. The second-order valence-corrected chi connectivity index (χ2v) is 6.73. The predicted molar refractivity (Wildman–Crippen MR) is 82.3 cm³/mol. The van der Waals surface area contributed by atoms with Crippen molar-refractivity contribution in [2.45, 2.75) is 64.0 Å². The summed E-state index contributed by atoms with van der Waals surface area (Å²) in [5.41, 5.74) is 6.41. The summed E-state index contributed by atoms with van der Waals surface area (Å²) in [7, 11) is 2.27. The normalized spacial score (nSPS) is 35.8. The minimum Gasteiger partial charge on any atom is -0.327 e. The third-order valence-corrected chi connectivity index (χ3v) is 5.18. The lowest BCUT2D eigenvalue weighted by Gasteiger charge is -2.34. The molecule has 2 aliphatic rings. The van der Waals surface area contributed by atoms with Gasteiger partial charge in [0.05, 0.1) is 0 Å². The van der Waals surface area contributed by atoms with E-state index < -0.39 is 0 Å². The second kappa shape index (κ2) is 7.61. The van der Waals surface area contributed by atoms with Crippen LogP contribution in [0, 0.1) is 5.92 Å². The maximum atomic E-state index is 6.41. The van der Waals surface area contributed by atoms with Crippen molar-refractivity contribution in [2.75, 3.05) is 33.2 Å². The molecule has 1 saturated heterocycles. The fraction of sp³-hybridized carbons (Fsp3) is 1.00. The largest absolute Gasteiger partial charge is 0.327 e. The van der Waals surface area contributed by atoms with E-state index in [4.69, 9.17) is 5.73 Å². The summed E-state index contributed by atoms with van der Waals surface area (Å²) in [5, 5.41) is 0. The Kier molecular flexibility index (Phi) is 6.11. The van der Waals surface area contributed by atoms with Gasteiger partial charge in [-0.25, -0.2) is 0 Å². The van der Waals surface area contributed by atoms with Crippen LogP contribution in [0.15, 0.2) is 0 Å². The van der Waals surface area contributed by atoms with Gasteiger partial charge in [0.15, 0.2) is 0 Å². The Morgan fingerprint density at radius 3 is 2.63 bits per heavy atom. The van der Waals surface area contributed by atoms with Crippen LogP contribution in [-0.4, -0.2) is 55.1 Å². The molecule has 19 heavy (non-hydrogen) atoms. The Morgan fingerprint density at radius 2 is 1.84 bits per heavy atom. The zero-order valence-electron chi connectivity index (χ0n) is 13.0. The first-order valence-electron chi connectivity index (χ1n) is 8.39. The molecule has 0 radical (unpaired) electrons. The molecule has 1 aliphatic heterocycles. The Balaban J connectivity index is 1.94. The van der Waals surface area contributed by atoms with E-state index in [1.165, 1.54) is 71.1 Å². The number of nitrogens with two attached hydrogens (primary N) is 1. The van der Waals surface area contributed by atoms with Crippen LogP contribution >= 0.6 is 0 Å². The monoisotopic (exact) mass is 267 g/mol. The van der Waals surface area contributed by atoms with Crippen molar-refractivity contribution in [1.29, 1.82) is 0 Å². The van der Waals surface area contributed by atoms with E-state index in [9.17, 15) is 0 Å². The predicted octanol–water partition coefficient (Wildman–Crippen LogP) is 2.31. The molecule has 1 saturated carbocycles. The van der Waals surface area contributed by atoms with Gasteiger partial charge in [0.1, 0.15) is 0 Å². The molecule has 0 aromatic heterocycles. The highest BCUT2D eigenvalue weighted by molar-refractivity contribution is 4.84. The van der Waals surface area contributed by atoms with Gasteiger partial charge in [0.2, 0.25) is 0 Å². The summed E-state index contributed by atoms with van der Waals surface area (Å²) < 4.78 is 0. The average Bonchev–Trinajstić information content (AvgIpc) is 2.70. The van der Waals surface area contributed by atoms with Crippen LogP contribution in [0.3, 0.4) is 0 Å². The number of hydrogen-bond acceptors (Lipinski definition) is 3. The maximum absolute atomic E-state index is 6.41. The van der Waals surface area contributed by atoms with Crippen molar-refractivity contribution in [2.24, 2.45) is 11.7 Å². The van der Waals surface area contributed by atoms with Gasteiger partial charge in [-0.3, -0.25) is 4.90 Å². The molecule has 0 aromatic carbocycles. The van der Waals surface area contributed by atoms with Crippen LogP contribution in [-0.2, 0) is 0 Å². The molecule has 2 N–H and O–H groups in total. The first-order valence-corrected chi connectivity index (χ1v) is 8.39. The maximum Gasteiger partial charge on any atom is 0.0220 e. The molecule has 1 aliphatic carbocycles. The average molecular weight is 267 g/mol. The minimum atomic E-state index is 0.445. The summed E-state index contributed by atoms with van der Waals surface area (Å²) in [6.07, 6.45) is 9.31. The Hall–Kier alpha value is -0.120. The molecule has 3 heteroatoms. The highest BCUT2D eigenvalue weighted by atomic mass is 15.2. The van der Waals surface area contributed by atoms with Crippen LogP contribution in [0.4, 0.5) is 0 Å². The number of nitrogens with zero attached hydrogens (tertiary/aromatic N) is 2. The van der Waals surface area contributed by atoms with Gasteiger partial charge < -0.3 is 10.6 Å². The fourth-order valence-corrected chi connectivity index (χ4v) is 3.86. The molecule has 0 bridgehead atoms. The Morgan fingerprint density at radius 1 is 1.05 bits per heavy atom. The summed E-state index contributed by atoms with van der Waals surface area (Å²) in [5.74, 6) is 0.736. The standard InChI is InChI=1S/C16H33N3/c1-3-15-13-18(2)10-7-11-19(15)12-14-8-5-4-6-9-16(14)17/h14-16H,3-13,17H2,1-2H3. The molecule has 3 atom stereocenters. The first-order chi connectivity index (χ1) is 9.20. The SMILES string of the molecule is CCC1CN(C)CCCN1CC1CCCCCC1N. The van der Waals surface area contributed by atoms with Crippen LogP contribution < -0.4 is 5.73 Å². The van der Waals surface area contributed by atoms with E-state index >= 15 is 0 Å². The molecule has 3 unspecified atom stereocenters. The number of hydrogen-bond donors (Lipinski definition) is 1. The van der Waals surface area contributed by atoms with Crippen molar-refractivity contribution in [3.05, 3.63) is 0 Å². The summed E-state index contributed by atoms with van der Waals surface area (Å²) in [6.45, 7) is 7.34. The van der Waals surface area contributed by atoms with Crippen LogP contribution in [0.5, 0.6) is 0 Å². The van der Waals surface area contributed by atoms with Gasteiger partial charge in [0.25, 0.3) is 0 Å². The van der Waals surface area contributed by atoms with Gasteiger partial charge in [-0.15, -0.1) is 0 Å². The molecular weight excluding hydrogens is 234 g/mol. The van der Waals surface area contributed by atoms with Crippen molar-refractivity contribution >= 4 is 0 Å². The first kappa shape index (κ1) is 15.3. The van der Waals surface area contributed by atoms with Crippen molar-refractivity contribution < 1.29 is 0 Å². The van der Waals surface area contributed by atoms with Gasteiger partial charge in [-0.05, 0) is 51.7 Å². The molecule has 0 aromatic rings. The molecule has 0 amide bonds. The Bertz CT molecular complexity index is 256. The smallest absolute Gasteiger partial charge is 0.0220 e. The fourth-order valence-electron chi connectivity index (χ4n) is 3.86. The minimum absolute atomic E-state index is 0.445. The van der Waals surface area contributed by atoms with Gasteiger partial charge >= 0.3 is 0 Å². The molecular formula is C16H33N3. The number of likely N-dealkylation sites (N-methyl/N-ethyl adjacent to an activating group) is 1. The topological polar surface area (TPSA) is 32.5 Å². The highest BCUT2D eigenvalue weighted by Crippen LogP contribution is 2.25. The Labute approximate surface area is 119 Å². The van der Waals surface area contributed by atoms with Crippen LogP contribution in [0.25, 0.3) is 0 Å². The highest BCUT2D eigenvalue weighted by Gasteiger charge is 2.27. The zero-order valence-corrected chi connectivity index (χ0v) is 13.0. The van der Waals surface area contributed by atoms with E-state index in [2.05, 4.69) is 23.8 Å². The third-order valence-electron chi connectivity index (χ3n) is 5.18. The lowest BCUT2D eigenvalue weighted by molar-refractivity contribution is 0.145. The zero-order chi connectivity index (χ0) is 13.7. The lowest BCUT2D eigenvalue weighted by atomic mass is 9.94. The van der Waals surface area contributed by atoms with E-state index in [0.29, 0.717) is 6.04 Å². The molecule has 2 rings (SSSR count). The van der Waals surface area contributed by atoms with E-state index in [0.717, 1.165) is 12.0 Å². The van der Waals surface area contributed by atoms with Gasteiger partial charge in [0, 0.05) is 25.2 Å². The van der Waals surface area contributed by atoms with E-state index in [1.807, 2.05) is 0 Å².